The highest BCUT2D eigenvalue weighted by molar-refractivity contribution is 9.10. The van der Waals surface area contributed by atoms with Gasteiger partial charge in [-0.3, -0.25) is 9.69 Å². The lowest BCUT2D eigenvalue weighted by atomic mass is 9.82. The Kier molecular flexibility index (Phi) is 4.40. The molecule has 2 nitrogen and oxygen atoms in total. The summed E-state index contributed by atoms with van der Waals surface area (Å²) >= 11 is 5.43. The number of thiophene rings is 1. The summed E-state index contributed by atoms with van der Waals surface area (Å²) in [4.78, 5) is 16.1. The third-order valence-electron chi connectivity index (χ3n) is 4.52. The Morgan fingerprint density at radius 3 is 2.95 bits per heavy atom. The van der Waals surface area contributed by atoms with Crippen molar-refractivity contribution in [2.75, 3.05) is 6.54 Å². The number of hydrogen-bond donors (Lipinski definition) is 0. The van der Waals surface area contributed by atoms with Crippen LogP contribution in [-0.2, 0) is 11.3 Å². The van der Waals surface area contributed by atoms with Crippen LogP contribution in [0.2, 0.25) is 0 Å². The molecular formula is C15H20BrNOS. The van der Waals surface area contributed by atoms with Gasteiger partial charge in [-0.2, -0.15) is 0 Å². The van der Waals surface area contributed by atoms with E-state index in [0.29, 0.717) is 17.7 Å². The van der Waals surface area contributed by atoms with Gasteiger partial charge in [0.05, 0.1) is 0 Å². The van der Waals surface area contributed by atoms with Crippen LogP contribution >= 0.6 is 27.3 Å². The Morgan fingerprint density at radius 2 is 2.21 bits per heavy atom. The van der Waals surface area contributed by atoms with E-state index >= 15 is 0 Å². The molecule has 0 radical (unpaired) electrons. The third kappa shape index (κ3) is 2.96. The van der Waals surface area contributed by atoms with Crippen molar-refractivity contribution in [3.05, 3.63) is 20.8 Å². The van der Waals surface area contributed by atoms with Crippen LogP contribution in [0.5, 0.6) is 0 Å². The second-order valence-corrected chi connectivity index (χ2v) is 7.55. The number of carbonyl (C=O) groups excluding carboxylic acids is 1. The average molecular weight is 342 g/mol. The van der Waals surface area contributed by atoms with E-state index in [1.54, 1.807) is 0 Å². The highest BCUT2D eigenvalue weighted by atomic mass is 79.9. The molecule has 2 heterocycles. The monoisotopic (exact) mass is 341 g/mol. The van der Waals surface area contributed by atoms with Gasteiger partial charge in [0.2, 0.25) is 0 Å². The largest absolute Gasteiger partial charge is 0.299 e. The fraction of sp³-hybridized carbons (Fsp3) is 0.667. The molecule has 0 bridgehead atoms. The van der Waals surface area contributed by atoms with E-state index in [4.69, 9.17) is 0 Å². The maximum atomic E-state index is 12.2. The average Bonchev–Trinajstić information content (AvgIpc) is 3.01. The first-order chi connectivity index (χ1) is 9.25. The van der Waals surface area contributed by atoms with E-state index in [-0.39, 0.29) is 0 Å². The second-order valence-electron chi connectivity index (χ2n) is 5.69. The lowest BCUT2D eigenvalue weighted by molar-refractivity contribution is -0.126. The summed E-state index contributed by atoms with van der Waals surface area (Å²) in [5.41, 5.74) is 0. The van der Waals surface area contributed by atoms with Crippen LogP contribution in [-0.4, -0.2) is 23.3 Å². The first-order valence-corrected chi connectivity index (χ1v) is 8.91. The molecule has 0 N–H and O–H groups in total. The van der Waals surface area contributed by atoms with Crippen molar-refractivity contribution in [2.45, 2.75) is 51.1 Å². The van der Waals surface area contributed by atoms with E-state index in [1.165, 1.54) is 28.6 Å². The molecule has 2 unspecified atom stereocenters. The molecule has 0 spiro atoms. The smallest absolute Gasteiger partial charge is 0.137 e. The number of rotatable bonds is 3. The zero-order chi connectivity index (χ0) is 13.2. The summed E-state index contributed by atoms with van der Waals surface area (Å²) in [5.74, 6) is 0.836. The first-order valence-electron chi connectivity index (χ1n) is 7.24. The highest BCUT2D eigenvalue weighted by Gasteiger charge is 2.36. The molecule has 2 fully saturated rings. The maximum Gasteiger partial charge on any atom is 0.137 e. The molecule has 2 atom stereocenters. The van der Waals surface area contributed by atoms with Gasteiger partial charge in [-0.1, -0.05) is 6.42 Å². The number of hydrogen-bond acceptors (Lipinski definition) is 3. The molecule has 1 saturated carbocycles. The van der Waals surface area contributed by atoms with E-state index in [9.17, 15) is 4.79 Å². The third-order valence-corrected chi connectivity index (χ3v) is 6.43. The summed E-state index contributed by atoms with van der Waals surface area (Å²) in [6.45, 7) is 2.16. The minimum atomic E-state index is 0.315. The Labute approximate surface area is 127 Å². The van der Waals surface area contributed by atoms with Crippen molar-refractivity contribution in [1.29, 1.82) is 0 Å². The van der Waals surface area contributed by atoms with Gasteiger partial charge in [-0.15, -0.1) is 11.3 Å². The summed E-state index contributed by atoms with van der Waals surface area (Å²) in [7, 11) is 0. The molecule has 1 aliphatic heterocycles. The van der Waals surface area contributed by atoms with E-state index in [0.717, 1.165) is 32.4 Å². The molecule has 1 saturated heterocycles. The molecule has 4 heteroatoms. The van der Waals surface area contributed by atoms with Crippen LogP contribution in [0.1, 0.15) is 43.4 Å². The van der Waals surface area contributed by atoms with Crippen LogP contribution in [0.15, 0.2) is 15.9 Å². The molecule has 1 aromatic rings. The summed E-state index contributed by atoms with van der Waals surface area (Å²) < 4.78 is 1.22. The topological polar surface area (TPSA) is 20.3 Å². The van der Waals surface area contributed by atoms with E-state index in [2.05, 4.69) is 32.3 Å². The van der Waals surface area contributed by atoms with Gasteiger partial charge < -0.3 is 0 Å². The van der Waals surface area contributed by atoms with Crippen LogP contribution in [0.3, 0.4) is 0 Å². The molecule has 3 rings (SSSR count). The van der Waals surface area contributed by atoms with Crippen molar-refractivity contribution in [2.24, 2.45) is 5.92 Å². The Balaban J connectivity index is 1.70. The number of likely N-dealkylation sites (tertiary alicyclic amines) is 1. The van der Waals surface area contributed by atoms with Gasteiger partial charge in [0, 0.05) is 34.3 Å². The number of halogens is 1. The van der Waals surface area contributed by atoms with Gasteiger partial charge >= 0.3 is 0 Å². The van der Waals surface area contributed by atoms with Crippen LogP contribution in [0.4, 0.5) is 0 Å². The van der Waals surface area contributed by atoms with Gasteiger partial charge in [0.25, 0.3) is 0 Å². The zero-order valence-corrected chi connectivity index (χ0v) is 13.5. The van der Waals surface area contributed by atoms with Crippen LogP contribution < -0.4 is 0 Å². The lowest BCUT2D eigenvalue weighted by Gasteiger charge is -2.32. The van der Waals surface area contributed by atoms with E-state index < -0.39 is 0 Å². The highest BCUT2D eigenvalue weighted by Crippen LogP contribution is 2.34. The minimum absolute atomic E-state index is 0.315. The zero-order valence-electron chi connectivity index (χ0n) is 11.1. The fourth-order valence-electron chi connectivity index (χ4n) is 3.54. The fourth-order valence-corrected chi connectivity index (χ4v) is 5.05. The van der Waals surface area contributed by atoms with Crippen molar-refractivity contribution in [3.63, 3.8) is 0 Å². The van der Waals surface area contributed by atoms with Gasteiger partial charge in [-0.05, 0) is 59.6 Å². The van der Waals surface area contributed by atoms with Crippen LogP contribution in [0, 0.1) is 5.92 Å². The minimum Gasteiger partial charge on any atom is -0.299 e. The molecular weight excluding hydrogens is 322 g/mol. The Bertz CT molecular complexity index is 459. The van der Waals surface area contributed by atoms with Crippen molar-refractivity contribution in [3.8, 4) is 0 Å². The number of carbonyl (C=O) groups is 1. The lowest BCUT2D eigenvalue weighted by Crippen LogP contribution is -2.40. The maximum absolute atomic E-state index is 12.2. The normalized spacial score (nSPS) is 29.0. The molecule has 1 aliphatic carbocycles. The first kappa shape index (κ1) is 13.8. The van der Waals surface area contributed by atoms with Gasteiger partial charge in [0.15, 0.2) is 0 Å². The Hall–Kier alpha value is -0.190. The molecule has 0 amide bonds. The van der Waals surface area contributed by atoms with Crippen molar-refractivity contribution in [1.82, 2.24) is 4.90 Å². The van der Waals surface area contributed by atoms with Gasteiger partial charge in [-0.25, -0.2) is 0 Å². The molecule has 104 valence electrons. The predicted molar refractivity (Wildman–Crippen MR) is 82.4 cm³/mol. The van der Waals surface area contributed by atoms with E-state index in [1.807, 2.05) is 11.3 Å². The predicted octanol–water partition coefficient (Wildman–Crippen LogP) is 4.23. The van der Waals surface area contributed by atoms with Crippen molar-refractivity contribution < 1.29 is 4.79 Å². The SMILES string of the molecule is O=C1CCCCC1C1CCCN1Cc1sccc1Br. The molecule has 0 aromatic carbocycles. The second kappa shape index (κ2) is 6.06. The quantitative estimate of drug-likeness (QED) is 0.819. The van der Waals surface area contributed by atoms with Gasteiger partial charge in [0.1, 0.15) is 5.78 Å². The molecule has 19 heavy (non-hydrogen) atoms. The molecule has 1 aromatic heterocycles. The van der Waals surface area contributed by atoms with Crippen molar-refractivity contribution >= 4 is 33.0 Å². The summed E-state index contributed by atoms with van der Waals surface area (Å²) in [6, 6.07) is 2.62. The van der Waals surface area contributed by atoms with Crippen LogP contribution in [0.25, 0.3) is 0 Å². The number of nitrogens with zero attached hydrogens (tertiary/aromatic N) is 1. The molecule has 2 aliphatic rings. The summed E-state index contributed by atoms with van der Waals surface area (Å²) in [6.07, 6.45) is 6.74. The number of ketones is 1. The standard InChI is InChI=1S/C15H20BrNOS/c16-12-7-9-19-15(12)10-17-8-3-5-13(17)11-4-1-2-6-14(11)18/h7,9,11,13H,1-6,8,10H2. The number of Topliss-reactive ketones (excluding diaryl/α,β-unsaturated/α-hetero) is 1. The Morgan fingerprint density at radius 1 is 1.32 bits per heavy atom. The summed E-state index contributed by atoms with van der Waals surface area (Å²) in [5, 5.41) is 2.14.